The van der Waals surface area contributed by atoms with E-state index in [-0.39, 0.29) is 30.4 Å². The highest BCUT2D eigenvalue weighted by molar-refractivity contribution is 6.01. The van der Waals surface area contributed by atoms with Crippen molar-refractivity contribution in [3.63, 3.8) is 0 Å². The molecule has 0 radical (unpaired) electrons. The number of fused-ring (bicyclic) bond motifs is 1. The first kappa shape index (κ1) is 19.0. The molecule has 0 saturated carbocycles. The lowest BCUT2D eigenvalue weighted by molar-refractivity contribution is -0.139. The van der Waals surface area contributed by atoms with E-state index in [1.807, 2.05) is 74.5 Å². The maximum Gasteiger partial charge on any atom is 0.289 e. The third-order valence-electron chi connectivity index (χ3n) is 4.82. The standard InChI is InChI=1S/C24H23NO4/c1-24(2)14-19(26)13-22(29-24)23(27)25(15-17-8-4-3-5-9-17)16-20-12-18-10-6-7-11-21(18)28-20/h3-13H,14-16H2,1-2H3. The van der Waals surface area contributed by atoms with Crippen molar-refractivity contribution in [2.75, 3.05) is 0 Å². The van der Waals surface area contributed by atoms with Gasteiger partial charge >= 0.3 is 0 Å². The molecule has 0 aliphatic carbocycles. The molecule has 0 spiro atoms. The molecule has 0 unspecified atom stereocenters. The normalized spacial score (nSPS) is 15.7. The van der Waals surface area contributed by atoms with E-state index in [0.717, 1.165) is 16.5 Å². The Morgan fingerprint density at radius 1 is 1.03 bits per heavy atom. The van der Waals surface area contributed by atoms with Crippen LogP contribution in [-0.4, -0.2) is 22.2 Å². The van der Waals surface area contributed by atoms with Crippen LogP contribution in [0.1, 0.15) is 31.6 Å². The predicted molar refractivity (Wildman–Crippen MR) is 110 cm³/mol. The molecule has 2 aromatic carbocycles. The van der Waals surface area contributed by atoms with Gasteiger partial charge in [0.2, 0.25) is 0 Å². The van der Waals surface area contributed by atoms with Gasteiger partial charge in [-0.1, -0.05) is 48.5 Å². The van der Waals surface area contributed by atoms with Gasteiger partial charge in [0.25, 0.3) is 5.91 Å². The van der Waals surface area contributed by atoms with Crippen LogP contribution in [0.25, 0.3) is 11.0 Å². The summed E-state index contributed by atoms with van der Waals surface area (Å²) in [6.45, 7) is 4.28. The second-order valence-corrected chi connectivity index (χ2v) is 7.91. The zero-order chi connectivity index (χ0) is 20.4. The van der Waals surface area contributed by atoms with Gasteiger partial charge in [0.1, 0.15) is 16.9 Å². The average Bonchev–Trinajstić information content (AvgIpc) is 3.08. The largest absolute Gasteiger partial charge is 0.481 e. The van der Waals surface area contributed by atoms with E-state index >= 15 is 0 Å². The van der Waals surface area contributed by atoms with E-state index in [9.17, 15) is 9.59 Å². The lowest BCUT2D eigenvalue weighted by atomic mass is 9.98. The number of allylic oxidation sites excluding steroid dienone is 1. The van der Waals surface area contributed by atoms with Gasteiger partial charge in [0.15, 0.2) is 11.5 Å². The van der Waals surface area contributed by atoms with Gasteiger partial charge in [0.05, 0.1) is 6.54 Å². The number of ether oxygens (including phenoxy) is 1. The van der Waals surface area contributed by atoms with Gasteiger partial charge in [-0.05, 0) is 31.5 Å². The van der Waals surface area contributed by atoms with Crippen LogP contribution in [0.5, 0.6) is 0 Å². The Balaban J connectivity index is 1.64. The van der Waals surface area contributed by atoms with Crippen molar-refractivity contribution in [2.45, 2.75) is 39.0 Å². The monoisotopic (exact) mass is 389 g/mol. The van der Waals surface area contributed by atoms with Crippen LogP contribution < -0.4 is 0 Å². The number of carbonyl (C=O) groups excluding carboxylic acids is 2. The van der Waals surface area contributed by atoms with E-state index < -0.39 is 5.60 Å². The lowest BCUT2D eigenvalue weighted by Crippen LogP contribution is -2.39. The number of benzene rings is 2. The molecular formula is C24H23NO4. The molecule has 0 bridgehead atoms. The molecule has 29 heavy (non-hydrogen) atoms. The SMILES string of the molecule is CC1(C)CC(=O)C=C(C(=O)N(Cc2ccccc2)Cc2cc3ccccc3o2)O1. The summed E-state index contributed by atoms with van der Waals surface area (Å²) in [6, 6.07) is 19.4. The maximum absolute atomic E-state index is 13.3. The third kappa shape index (κ3) is 4.40. The Labute approximate surface area is 169 Å². The second kappa shape index (κ2) is 7.59. The molecule has 5 heteroatoms. The average molecular weight is 389 g/mol. The molecule has 0 saturated heterocycles. The number of hydrogen-bond donors (Lipinski definition) is 0. The van der Waals surface area contributed by atoms with Crippen LogP contribution in [-0.2, 0) is 27.4 Å². The minimum Gasteiger partial charge on any atom is -0.481 e. The van der Waals surface area contributed by atoms with Crippen molar-refractivity contribution in [3.05, 3.63) is 83.8 Å². The summed E-state index contributed by atoms with van der Waals surface area (Å²) >= 11 is 0. The van der Waals surface area contributed by atoms with E-state index in [1.165, 1.54) is 6.08 Å². The third-order valence-corrected chi connectivity index (χ3v) is 4.82. The van der Waals surface area contributed by atoms with Gasteiger partial charge in [-0.25, -0.2) is 0 Å². The molecule has 3 aromatic rings. The molecule has 148 valence electrons. The van der Waals surface area contributed by atoms with Gasteiger partial charge in [0, 0.05) is 24.4 Å². The fraction of sp³-hybridized carbons (Fsp3) is 0.250. The van der Waals surface area contributed by atoms with E-state index in [0.29, 0.717) is 12.3 Å². The molecule has 1 aromatic heterocycles. The Morgan fingerprint density at radius 2 is 1.76 bits per heavy atom. The number of amides is 1. The minimum atomic E-state index is -0.700. The molecular weight excluding hydrogens is 366 g/mol. The fourth-order valence-electron chi connectivity index (χ4n) is 3.55. The topological polar surface area (TPSA) is 59.8 Å². The summed E-state index contributed by atoms with van der Waals surface area (Å²) in [4.78, 5) is 27.0. The molecule has 0 atom stereocenters. The van der Waals surface area contributed by atoms with Crippen LogP contribution in [0.4, 0.5) is 0 Å². The van der Waals surface area contributed by atoms with Gasteiger partial charge in [-0.15, -0.1) is 0 Å². The van der Waals surface area contributed by atoms with Crippen molar-refractivity contribution in [3.8, 4) is 0 Å². The Kier molecular flexibility index (Phi) is 4.97. The first-order valence-corrected chi connectivity index (χ1v) is 9.64. The Bertz CT molecular complexity index is 1050. The summed E-state index contributed by atoms with van der Waals surface area (Å²) in [5.41, 5.74) is 1.06. The quantitative estimate of drug-likeness (QED) is 0.639. The van der Waals surface area contributed by atoms with Crippen molar-refractivity contribution in [2.24, 2.45) is 0 Å². The van der Waals surface area contributed by atoms with Gasteiger partial charge in [-0.3, -0.25) is 9.59 Å². The fourth-order valence-corrected chi connectivity index (χ4v) is 3.55. The highest BCUT2D eigenvalue weighted by Crippen LogP contribution is 2.27. The highest BCUT2D eigenvalue weighted by Gasteiger charge is 2.34. The van der Waals surface area contributed by atoms with Crippen LogP contribution in [0.3, 0.4) is 0 Å². The van der Waals surface area contributed by atoms with Crippen LogP contribution in [0, 0.1) is 0 Å². The second-order valence-electron chi connectivity index (χ2n) is 7.91. The summed E-state index contributed by atoms with van der Waals surface area (Å²) in [6.07, 6.45) is 1.57. The molecule has 0 fully saturated rings. The summed E-state index contributed by atoms with van der Waals surface area (Å²) in [5, 5.41) is 0.985. The van der Waals surface area contributed by atoms with Gasteiger partial charge in [-0.2, -0.15) is 0 Å². The molecule has 1 aliphatic heterocycles. The number of carbonyl (C=O) groups is 2. The zero-order valence-electron chi connectivity index (χ0n) is 16.6. The number of para-hydroxylation sites is 1. The number of rotatable bonds is 5. The van der Waals surface area contributed by atoms with E-state index in [4.69, 9.17) is 9.15 Å². The summed E-state index contributed by atoms with van der Waals surface area (Å²) < 4.78 is 11.8. The smallest absolute Gasteiger partial charge is 0.289 e. The van der Waals surface area contributed by atoms with Crippen molar-refractivity contribution in [1.29, 1.82) is 0 Å². The van der Waals surface area contributed by atoms with Crippen molar-refractivity contribution in [1.82, 2.24) is 4.90 Å². The molecule has 0 N–H and O–H groups in total. The Hall–Kier alpha value is -3.34. The van der Waals surface area contributed by atoms with E-state index in [2.05, 4.69) is 0 Å². The number of ketones is 1. The predicted octanol–water partition coefficient (Wildman–Crippen LogP) is 4.61. The number of furan rings is 1. The number of hydrogen-bond acceptors (Lipinski definition) is 4. The first-order chi connectivity index (χ1) is 13.9. The molecule has 1 aliphatic rings. The molecule has 4 rings (SSSR count). The molecule has 1 amide bonds. The van der Waals surface area contributed by atoms with Crippen LogP contribution in [0.15, 0.2) is 76.9 Å². The summed E-state index contributed by atoms with van der Waals surface area (Å²) in [5.74, 6) is 0.333. The molecule has 2 heterocycles. The van der Waals surface area contributed by atoms with Crippen LogP contribution >= 0.6 is 0 Å². The molecule has 5 nitrogen and oxygen atoms in total. The lowest BCUT2D eigenvalue weighted by Gasteiger charge is -2.32. The maximum atomic E-state index is 13.3. The minimum absolute atomic E-state index is 0.0818. The van der Waals surface area contributed by atoms with Crippen molar-refractivity contribution < 1.29 is 18.7 Å². The van der Waals surface area contributed by atoms with Gasteiger partial charge < -0.3 is 14.1 Å². The summed E-state index contributed by atoms with van der Waals surface area (Å²) in [7, 11) is 0. The zero-order valence-corrected chi connectivity index (χ0v) is 16.6. The first-order valence-electron chi connectivity index (χ1n) is 9.64. The van der Waals surface area contributed by atoms with Crippen molar-refractivity contribution >= 4 is 22.7 Å². The van der Waals surface area contributed by atoms with Crippen LogP contribution in [0.2, 0.25) is 0 Å². The van der Waals surface area contributed by atoms with E-state index in [1.54, 1.807) is 4.90 Å². The Morgan fingerprint density at radius 3 is 2.48 bits per heavy atom. The number of nitrogens with zero attached hydrogens (tertiary/aromatic N) is 1. The highest BCUT2D eigenvalue weighted by atomic mass is 16.5.